The van der Waals surface area contributed by atoms with Crippen LogP contribution in [0.2, 0.25) is 0 Å². The van der Waals surface area contributed by atoms with Crippen molar-refractivity contribution in [3.05, 3.63) is 59.4 Å². The molecule has 7 heteroatoms. The van der Waals surface area contributed by atoms with Crippen LogP contribution in [0.25, 0.3) is 11.0 Å². The summed E-state index contributed by atoms with van der Waals surface area (Å²) in [5.41, 5.74) is 3.01. The smallest absolute Gasteiger partial charge is 0.290 e. The van der Waals surface area contributed by atoms with Crippen molar-refractivity contribution in [2.75, 3.05) is 13.7 Å². The fourth-order valence-electron chi connectivity index (χ4n) is 3.66. The lowest BCUT2D eigenvalue weighted by Gasteiger charge is -2.30. The van der Waals surface area contributed by atoms with Gasteiger partial charge < -0.3 is 19.5 Å². The molecule has 0 saturated carbocycles. The molecule has 0 spiro atoms. The summed E-state index contributed by atoms with van der Waals surface area (Å²) in [6.45, 7) is 5.77. The Hall–Kier alpha value is -3.35. The predicted octanol–water partition coefficient (Wildman–Crippen LogP) is 2.84. The van der Waals surface area contributed by atoms with Crippen molar-refractivity contribution in [1.82, 2.24) is 19.8 Å². The number of hydrogen-bond donors (Lipinski definition) is 1. The quantitative estimate of drug-likeness (QED) is 0.724. The standard InChI is InChI=1S/C22H24N4O3/c1-14(2)25-9-10-26-19-8-7-16(12-18(19)24-20(26)22(25)28)21(27)23-13-15-5-4-6-17(11-15)29-3/h4-8,11-12,14H,9-10,13H2,1-3H3,(H,23,27). The Morgan fingerprint density at radius 3 is 2.79 bits per heavy atom. The van der Waals surface area contributed by atoms with Gasteiger partial charge in [-0.3, -0.25) is 9.59 Å². The Balaban J connectivity index is 1.54. The number of imidazole rings is 1. The zero-order valence-corrected chi connectivity index (χ0v) is 16.8. The monoisotopic (exact) mass is 392 g/mol. The van der Waals surface area contributed by atoms with Crippen molar-refractivity contribution in [2.45, 2.75) is 33.0 Å². The van der Waals surface area contributed by atoms with Gasteiger partial charge in [-0.05, 0) is 49.7 Å². The minimum absolute atomic E-state index is 0.0634. The summed E-state index contributed by atoms with van der Waals surface area (Å²) in [6.07, 6.45) is 0. The number of ether oxygens (including phenoxy) is 1. The molecule has 0 atom stereocenters. The second-order valence-electron chi connectivity index (χ2n) is 7.42. The topological polar surface area (TPSA) is 76.5 Å². The number of amides is 2. The van der Waals surface area contributed by atoms with Gasteiger partial charge in [0.05, 0.1) is 18.1 Å². The number of rotatable bonds is 5. The van der Waals surface area contributed by atoms with Gasteiger partial charge in [0.1, 0.15) is 5.75 Å². The molecule has 1 N–H and O–H groups in total. The zero-order valence-electron chi connectivity index (χ0n) is 16.8. The van der Waals surface area contributed by atoms with Gasteiger partial charge >= 0.3 is 0 Å². The molecule has 2 aromatic carbocycles. The molecule has 0 radical (unpaired) electrons. The molecular weight excluding hydrogens is 368 g/mol. The van der Waals surface area contributed by atoms with Crippen LogP contribution >= 0.6 is 0 Å². The van der Waals surface area contributed by atoms with Crippen LogP contribution in [0.15, 0.2) is 42.5 Å². The molecule has 1 aromatic heterocycles. The first kappa shape index (κ1) is 19.0. The number of carbonyl (C=O) groups is 2. The van der Waals surface area contributed by atoms with Crippen LogP contribution < -0.4 is 10.1 Å². The van der Waals surface area contributed by atoms with E-state index < -0.39 is 0 Å². The Kier molecular flexibility index (Phi) is 4.96. The van der Waals surface area contributed by atoms with Crippen molar-refractivity contribution in [2.24, 2.45) is 0 Å². The van der Waals surface area contributed by atoms with Gasteiger partial charge in [0.2, 0.25) is 0 Å². The van der Waals surface area contributed by atoms with Gasteiger partial charge in [-0.25, -0.2) is 4.98 Å². The normalized spacial score (nSPS) is 13.7. The number of fused-ring (bicyclic) bond motifs is 3. The summed E-state index contributed by atoms with van der Waals surface area (Å²) in [7, 11) is 1.61. The molecule has 1 aliphatic rings. The van der Waals surface area contributed by atoms with Gasteiger partial charge in [0.15, 0.2) is 5.82 Å². The van der Waals surface area contributed by atoms with Crippen molar-refractivity contribution < 1.29 is 14.3 Å². The molecule has 29 heavy (non-hydrogen) atoms. The van der Waals surface area contributed by atoms with E-state index in [-0.39, 0.29) is 17.9 Å². The van der Waals surface area contributed by atoms with Crippen LogP contribution in [0, 0.1) is 0 Å². The first-order valence-electron chi connectivity index (χ1n) is 9.70. The summed E-state index contributed by atoms with van der Waals surface area (Å²) in [6, 6.07) is 13.1. The van der Waals surface area contributed by atoms with Gasteiger partial charge in [-0.2, -0.15) is 0 Å². The maximum atomic E-state index is 12.7. The Morgan fingerprint density at radius 2 is 2.03 bits per heavy atom. The van der Waals surface area contributed by atoms with Gasteiger partial charge in [-0.15, -0.1) is 0 Å². The minimum atomic E-state index is -0.184. The average molecular weight is 392 g/mol. The summed E-state index contributed by atoms with van der Waals surface area (Å²) in [4.78, 5) is 31.7. The van der Waals surface area contributed by atoms with Crippen LogP contribution in [-0.2, 0) is 13.1 Å². The van der Waals surface area contributed by atoms with Crippen LogP contribution in [-0.4, -0.2) is 46.0 Å². The first-order chi connectivity index (χ1) is 14.0. The highest BCUT2D eigenvalue weighted by Gasteiger charge is 2.29. The summed E-state index contributed by atoms with van der Waals surface area (Å²) in [5.74, 6) is 0.943. The van der Waals surface area contributed by atoms with E-state index in [0.29, 0.717) is 36.5 Å². The highest BCUT2D eigenvalue weighted by Crippen LogP contribution is 2.23. The van der Waals surface area contributed by atoms with Crippen molar-refractivity contribution in [3.8, 4) is 5.75 Å². The van der Waals surface area contributed by atoms with E-state index in [1.54, 1.807) is 19.2 Å². The zero-order chi connectivity index (χ0) is 20.5. The largest absolute Gasteiger partial charge is 0.497 e. The Morgan fingerprint density at radius 1 is 1.21 bits per heavy atom. The van der Waals surface area contributed by atoms with Crippen LogP contribution in [0.1, 0.15) is 40.4 Å². The third-order valence-corrected chi connectivity index (χ3v) is 5.24. The second-order valence-corrected chi connectivity index (χ2v) is 7.42. The number of methoxy groups -OCH3 is 1. The lowest BCUT2D eigenvalue weighted by Crippen LogP contribution is -2.44. The molecule has 150 valence electrons. The van der Waals surface area contributed by atoms with Gasteiger partial charge in [0.25, 0.3) is 11.8 Å². The number of carbonyl (C=O) groups excluding carboxylic acids is 2. The van der Waals surface area contributed by atoms with Gasteiger partial charge in [-0.1, -0.05) is 12.1 Å². The van der Waals surface area contributed by atoms with E-state index in [9.17, 15) is 9.59 Å². The molecule has 2 heterocycles. The van der Waals surface area contributed by atoms with E-state index in [0.717, 1.165) is 16.8 Å². The molecular formula is C22H24N4O3. The van der Waals surface area contributed by atoms with E-state index in [1.807, 2.05) is 53.6 Å². The third-order valence-electron chi connectivity index (χ3n) is 5.24. The van der Waals surface area contributed by atoms with Crippen LogP contribution in [0.4, 0.5) is 0 Å². The SMILES string of the molecule is COc1cccc(CNC(=O)c2ccc3c(c2)nc2n3CCN(C(C)C)C2=O)c1. The Labute approximate surface area is 169 Å². The van der Waals surface area contributed by atoms with Crippen molar-refractivity contribution in [3.63, 3.8) is 0 Å². The molecule has 0 bridgehead atoms. The number of aromatic nitrogens is 2. The van der Waals surface area contributed by atoms with Crippen LogP contribution in [0.3, 0.4) is 0 Å². The molecule has 7 nitrogen and oxygen atoms in total. The highest BCUT2D eigenvalue weighted by molar-refractivity contribution is 6.00. The number of nitrogens with zero attached hydrogens (tertiary/aromatic N) is 3. The highest BCUT2D eigenvalue weighted by atomic mass is 16.5. The minimum Gasteiger partial charge on any atom is -0.497 e. The number of benzene rings is 2. The molecule has 0 fully saturated rings. The lowest BCUT2D eigenvalue weighted by molar-refractivity contribution is 0.0643. The van der Waals surface area contributed by atoms with Crippen molar-refractivity contribution >= 4 is 22.8 Å². The van der Waals surface area contributed by atoms with E-state index >= 15 is 0 Å². The average Bonchev–Trinajstić information content (AvgIpc) is 3.11. The fourth-order valence-corrected chi connectivity index (χ4v) is 3.66. The molecule has 4 rings (SSSR count). The lowest BCUT2D eigenvalue weighted by atomic mass is 10.1. The van der Waals surface area contributed by atoms with Crippen molar-refractivity contribution in [1.29, 1.82) is 0 Å². The van der Waals surface area contributed by atoms with Crippen LogP contribution in [0.5, 0.6) is 5.75 Å². The third kappa shape index (κ3) is 3.55. The maximum absolute atomic E-state index is 12.7. The number of nitrogens with one attached hydrogen (secondary N) is 1. The Bertz CT molecular complexity index is 1090. The number of hydrogen-bond acceptors (Lipinski definition) is 4. The molecule has 0 aliphatic carbocycles. The first-order valence-corrected chi connectivity index (χ1v) is 9.70. The molecule has 2 amide bonds. The molecule has 0 saturated heterocycles. The maximum Gasteiger partial charge on any atom is 0.290 e. The predicted molar refractivity (Wildman–Crippen MR) is 110 cm³/mol. The summed E-state index contributed by atoms with van der Waals surface area (Å²) in [5, 5.41) is 2.92. The fraction of sp³-hybridized carbons (Fsp3) is 0.318. The van der Waals surface area contributed by atoms with E-state index in [4.69, 9.17) is 4.74 Å². The van der Waals surface area contributed by atoms with Gasteiger partial charge in [0, 0.05) is 31.2 Å². The summed E-state index contributed by atoms with van der Waals surface area (Å²) < 4.78 is 7.15. The second kappa shape index (κ2) is 7.58. The molecule has 1 aliphatic heterocycles. The molecule has 0 unspecified atom stereocenters. The molecule has 3 aromatic rings. The van der Waals surface area contributed by atoms with E-state index in [2.05, 4.69) is 10.3 Å². The summed E-state index contributed by atoms with van der Waals surface area (Å²) >= 11 is 0. The van der Waals surface area contributed by atoms with E-state index in [1.165, 1.54) is 0 Å².